The largest absolute Gasteiger partial charge is 0.495 e. The van der Waals surface area contributed by atoms with Crippen molar-refractivity contribution in [2.45, 2.75) is 0 Å². The summed E-state index contributed by atoms with van der Waals surface area (Å²) in [5.74, 6) is 0.761. The molecule has 62 valence electrons. The molecule has 0 bridgehead atoms. The molecule has 2 aromatic rings. The predicted molar refractivity (Wildman–Crippen MR) is 50.3 cm³/mol. The Labute approximate surface area is 77.9 Å². The maximum atomic E-state index is 5.03. The van der Waals surface area contributed by atoms with Crippen LogP contribution in [0.4, 0.5) is 0 Å². The van der Waals surface area contributed by atoms with Gasteiger partial charge in [0.25, 0.3) is 0 Å². The summed E-state index contributed by atoms with van der Waals surface area (Å²) in [4.78, 5) is 7.28. The molecule has 0 unspecified atom stereocenters. The van der Waals surface area contributed by atoms with Crippen LogP contribution in [0.1, 0.15) is 0 Å². The molecule has 0 aliphatic rings. The van der Waals surface area contributed by atoms with Gasteiger partial charge in [0, 0.05) is 12.3 Å². The standard InChI is InChI=1S/C8H7BrN2O/c1-12-5-2-7-8(11-3-5)6(9)4-10-7/h2-4,10H,1H3. The zero-order valence-corrected chi connectivity index (χ0v) is 8.05. The number of pyridine rings is 1. The zero-order valence-electron chi connectivity index (χ0n) is 6.47. The third-order valence-electron chi connectivity index (χ3n) is 1.68. The number of aromatic amines is 1. The minimum atomic E-state index is 0.761. The van der Waals surface area contributed by atoms with Crippen LogP contribution in [0.3, 0.4) is 0 Å². The molecule has 0 aliphatic carbocycles. The van der Waals surface area contributed by atoms with E-state index < -0.39 is 0 Å². The summed E-state index contributed by atoms with van der Waals surface area (Å²) in [5, 5.41) is 0. The number of fused-ring (bicyclic) bond motifs is 1. The third kappa shape index (κ3) is 1.08. The van der Waals surface area contributed by atoms with Crippen LogP contribution in [0.15, 0.2) is 22.9 Å². The number of methoxy groups -OCH3 is 1. The van der Waals surface area contributed by atoms with E-state index in [4.69, 9.17) is 4.74 Å². The van der Waals surface area contributed by atoms with Crippen LogP contribution in [0.25, 0.3) is 11.0 Å². The Balaban J connectivity index is 2.69. The highest BCUT2D eigenvalue weighted by atomic mass is 79.9. The molecule has 2 heterocycles. The predicted octanol–water partition coefficient (Wildman–Crippen LogP) is 2.33. The van der Waals surface area contributed by atoms with Crippen molar-refractivity contribution in [3.05, 3.63) is 22.9 Å². The quantitative estimate of drug-likeness (QED) is 0.811. The topological polar surface area (TPSA) is 37.9 Å². The van der Waals surface area contributed by atoms with Crippen LogP contribution in [0.5, 0.6) is 5.75 Å². The first kappa shape index (κ1) is 7.61. The SMILES string of the molecule is COc1cnc2c(Br)c[nH]c2c1. The van der Waals surface area contributed by atoms with Crippen molar-refractivity contribution < 1.29 is 4.74 Å². The van der Waals surface area contributed by atoms with Crippen molar-refractivity contribution in [3.8, 4) is 5.75 Å². The molecular weight excluding hydrogens is 220 g/mol. The van der Waals surface area contributed by atoms with E-state index >= 15 is 0 Å². The van der Waals surface area contributed by atoms with Gasteiger partial charge >= 0.3 is 0 Å². The molecule has 12 heavy (non-hydrogen) atoms. The highest BCUT2D eigenvalue weighted by molar-refractivity contribution is 9.10. The molecule has 0 saturated carbocycles. The van der Waals surface area contributed by atoms with Crippen molar-refractivity contribution in [1.29, 1.82) is 0 Å². The Kier molecular flexibility index (Phi) is 1.77. The molecule has 0 aromatic carbocycles. The number of aromatic nitrogens is 2. The number of hydrogen-bond acceptors (Lipinski definition) is 2. The lowest BCUT2D eigenvalue weighted by Gasteiger charge is -1.97. The van der Waals surface area contributed by atoms with Crippen LogP contribution in [0, 0.1) is 0 Å². The minimum Gasteiger partial charge on any atom is -0.495 e. The van der Waals surface area contributed by atoms with E-state index in [1.54, 1.807) is 13.3 Å². The molecule has 0 aliphatic heterocycles. The maximum absolute atomic E-state index is 5.03. The monoisotopic (exact) mass is 226 g/mol. The molecule has 0 saturated heterocycles. The van der Waals surface area contributed by atoms with Crippen LogP contribution in [-0.2, 0) is 0 Å². The average molecular weight is 227 g/mol. The second kappa shape index (κ2) is 2.79. The van der Waals surface area contributed by atoms with E-state index in [9.17, 15) is 0 Å². The van der Waals surface area contributed by atoms with Gasteiger partial charge in [-0.2, -0.15) is 0 Å². The van der Waals surface area contributed by atoms with Crippen LogP contribution >= 0.6 is 15.9 Å². The number of hydrogen-bond donors (Lipinski definition) is 1. The summed E-state index contributed by atoms with van der Waals surface area (Å²) in [7, 11) is 1.63. The Morgan fingerprint density at radius 3 is 3.17 bits per heavy atom. The normalized spacial score (nSPS) is 10.5. The first-order valence-corrected chi connectivity index (χ1v) is 4.27. The van der Waals surface area contributed by atoms with Gasteiger partial charge in [-0.05, 0) is 15.9 Å². The summed E-state index contributed by atoms with van der Waals surface area (Å²) in [6.07, 6.45) is 3.55. The molecule has 3 nitrogen and oxygen atoms in total. The van der Waals surface area contributed by atoms with Gasteiger partial charge in [-0.3, -0.25) is 0 Å². The molecule has 2 rings (SSSR count). The Morgan fingerprint density at radius 1 is 1.58 bits per heavy atom. The lowest BCUT2D eigenvalue weighted by Crippen LogP contribution is -1.83. The van der Waals surface area contributed by atoms with Crippen molar-refractivity contribution in [3.63, 3.8) is 0 Å². The third-order valence-corrected chi connectivity index (χ3v) is 2.28. The van der Waals surface area contributed by atoms with Crippen molar-refractivity contribution in [1.82, 2.24) is 9.97 Å². The summed E-state index contributed by atoms with van der Waals surface area (Å²) in [6.45, 7) is 0. The Morgan fingerprint density at radius 2 is 2.42 bits per heavy atom. The second-order valence-corrected chi connectivity index (χ2v) is 3.26. The van der Waals surface area contributed by atoms with Gasteiger partial charge in [-0.25, -0.2) is 4.98 Å². The van der Waals surface area contributed by atoms with Crippen LogP contribution in [-0.4, -0.2) is 17.1 Å². The molecule has 0 radical (unpaired) electrons. The molecule has 0 fully saturated rings. The Bertz CT molecular complexity index is 410. The molecule has 0 amide bonds. The lowest BCUT2D eigenvalue weighted by molar-refractivity contribution is 0.413. The number of nitrogens with zero attached hydrogens (tertiary/aromatic N) is 1. The molecule has 1 N–H and O–H groups in total. The summed E-state index contributed by atoms with van der Waals surface area (Å²) in [5.41, 5.74) is 1.90. The molecule has 2 aromatic heterocycles. The Hall–Kier alpha value is -1.03. The molecular formula is C8H7BrN2O. The number of rotatable bonds is 1. The molecule has 0 spiro atoms. The highest BCUT2D eigenvalue weighted by Crippen LogP contribution is 2.23. The molecule has 0 atom stereocenters. The van der Waals surface area contributed by atoms with Gasteiger partial charge in [-0.1, -0.05) is 0 Å². The first-order chi connectivity index (χ1) is 5.81. The van der Waals surface area contributed by atoms with Gasteiger partial charge < -0.3 is 9.72 Å². The smallest absolute Gasteiger partial charge is 0.139 e. The fraction of sp³-hybridized carbons (Fsp3) is 0.125. The van der Waals surface area contributed by atoms with Crippen molar-refractivity contribution in [2.24, 2.45) is 0 Å². The van der Waals surface area contributed by atoms with Gasteiger partial charge in [0.2, 0.25) is 0 Å². The number of H-pyrrole nitrogens is 1. The zero-order chi connectivity index (χ0) is 8.55. The maximum Gasteiger partial charge on any atom is 0.139 e. The second-order valence-electron chi connectivity index (χ2n) is 2.41. The minimum absolute atomic E-state index is 0.761. The van der Waals surface area contributed by atoms with E-state index in [0.717, 1.165) is 21.3 Å². The van der Waals surface area contributed by atoms with E-state index in [1.165, 1.54) is 0 Å². The van der Waals surface area contributed by atoms with Crippen LogP contribution < -0.4 is 4.74 Å². The van der Waals surface area contributed by atoms with Crippen molar-refractivity contribution in [2.75, 3.05) is 7.11 Å². The van der Waals surface area contributed by atoms with Crippen LogP contribution in [0.2, 0.25) is 0 Å². The summed E-state index contributed by atoms with van der Waals surface area (Å²) in [6, 6.07) is 1.91. The first-order valence-electron chi connectivity index (χ1n) is 3.48. The van der Waals surface area contributed by atoms with E-state index in [-0.39, 0.29) is 0 Å². The van der Waals surface area contributed by atoms with E-state index in [2.05, 4.69) is 25.9 Å². The van der Waals surface area contributed by atoms with Gasteiger partial charge in [0.1, 0.15) is 11.3 Å². The van der Waals surface area contributed by atoms with Gasteiger partial charge in [0.15, 0.2) is 0 Å². The number of ether oxygens (including phenoxy) is 1. The summed E-state index contributed by atoms with van der Waals surface area (Å²) < 4.78 is 6.01. The van der Waals surface area contributed by atoms with E-state index in [1.807, 2.05) is 12.3 Å². The average Bonchev–Trinajstić information content (AvgIpc) is 2.47. The van der Waals surface area contributed by atoms with E-state index in [0.29, 0.717) is 0 Å². The number of nitrogens with one attached hydrogen (secondary N) is 1. The van der Waals surface area contributed by atoms with Gasteiger partial charge in [0.05, 0.1) is 23.3 Å². The number of halogens is 1. The molecule has 4 heteroatoms. The fourth-order valence-electron chi connectivity index (χ4n) is 1.07. The lowest BCUT2D eigenvalue weighted by atomic mass is 10.4. The van der Waals surface area contributed by atoms with Gasteiger partial charge in [-0.15, -0.1) is 0 Å². The summed E-state index contributed by atoms with van der Waals surface area (Å²) >= 11 is 3.38. The van der Waals surface area contributed by atoms with Crippen molar-refractivity contribution >= 4 is 27.0 Å². The fourth-order valence-corrected chi connectivity index (χ4v) is 1.50. The highest BCUT2D eigenvalue weighted by Gasteiger charge is 2.02.